The minimum absolute atomic E-state index is 1.26. The van der Waals surface area contributed by atoms with E-state index in [2.05, 4.69) is 18.0 Å². The maximum Gasteiger partial charge on any atom is 0.161 e. The highest BCUT2D eigenvalue weighted by molar-refractivity contribution is 5.67. The summed E-state index contributed by atoms with van der Waals surface area (Å²) in [6, 6.07) is 0. The second-order valence-corrected chi connectivity index (χ2v) is 1.87. The first-order valence-electron chi connectivity index (χ1n) is 3.11. The van der Waals surface area contributed by atoms with Crippen molar-refractivity contribution in [3.63, 3.8) is 0 Å². The molecule has 0 rings (SSSR count). The van der Waals surface area contributed by atoms with Crippen molar-refractivity contribution >= 4 is 6.21 Å². The van der Waals surface area contributed by atoms with E-state index in [1.54, 1.807) is 0 Å². The Kier molecular flexibility index (Phi) is 4.79. The van der Waals surface area contributed by atoms with Crippen molar-refractivity contribution in [3.05, 3.63) is 23.8 Å². The van der Waals surface area contributed by atoms with Gasteiger partial charge in [0.1, 0.15) is 7.05 Å². The summed E-state index contributed by atoms with van der Waals surface area (Å²) in [6.45, 7) is 4.07. The third kappa shape index (κ3) is 5.01. The maximum absolute atomic E-state index is 2.92. The Morgan fingerprint density at radius 1 is 1.44 bits per heavy atom. The molecule has 0 amide bonds. The van der Waals surface area contributed by atoms with E-state index >= 15 is 0 Å². The van der Waals surface area contributed by atoms with Crippen LogP contribution < -0.4 is 4.99 Å². The third-order valence-electron chi connectivity index (χ3n) is 0.942. The van der Waals surface area contributed by atoms with Gasteiger partial charge >= 0.3 is 0 Å². The Morgan fingerprint density at radius 2 is 2.11 bits per heavy atom. The molecule has 0 unspecified atom stereocenters. The van der Waals surface area contributed by atoms with Crippen molar-refractivity contribution in [1.29, 1.82) is 0 Å². The first kappa shape index (κ1) is 8.15. The van der Waals surface area contributed by atoms with Crippen LogP contribution in [0.3, 0.4) is 0 Å². The molecule has 0 aliphatic rings. The van der Waals surface area contributed by atoms with Crippen LogP contribution in [-0.2, 0) is 0 Å². The van der Waals surface area contributed by atoms with E-state index in [4.69, 9.17) is 0 Å². The molecule has 50 valence electrons. The average molecular weight is 124 g/mol. The second kappa shape index (κ2) is 5.29. The molecule has 1 heteroatoms. The molecule has 0 aliphatic heterocycles. The molecular formula is C8H14N+. The first-order chi connectivity index (χ1) is 4.31. The minimum Gasteiger partial charge on any atom is -0.251 e. The summed E-state index contributed by atoms with van der Waals surface area (Å²) in [5.74, 6) is 0. The molecule has 0 fully saturated rings. The Morgan fingerprint density at radius 3 is 2.56 bits per heavy atom. The summed E-state index contributed by atoms with van der Waals surface area (Å²) >= 11 is 0. The molecule has 1 nitrogen and oxygen atoms in total. The fraction of sp³-hybridized carbons (Fsp3) is 0.375. The van der Waals surface area contributed by atoms with Crippen molar-refractivity contribution < 1.29 is 4.99 Å². The highest BCUT2D eigenvalue weighted by Gasteiger charge is 1.76. The van der Waals surface area contributed by atoms with Crippen molar-refractivity contribution in [2.75, 3.05) is 7.05 Å². The lowest BCUT2D eigenvalue weighted by Gasteiger charge is -1.81. The van der Waals surface area contributed by atoms with Crippen LogP contribution in [0.2, 0.25) is 0 Å². The van der Waals surface area contributed by atoms with Crippen LogP contribution in [0.4, 0.5) is 0 Å². The molecule has 0 heterocycles. The monoisotopic (exact) mass is 124 g/mol. The lowest BCUT2D eigenvalue weighted by Crippen LogP contribution is -2.62. The van der Waals surface area contributed by atoms with E-state index in [-0.39, 0.29) is 0 Å². The van der Waals surface area contributed by atoms with Crippen molar-refractivity contribution in [2.24, 2.45) is 0 Å². The van der Waals surface area contributed by atoms with Gasteiger partial charge in [-0.1, -0.05) is 12.2 Å². The van der Waals surface area contributed by atoms with Gasteiger partial charge in [0.25, 0.3) is 0 Å². The van der Waals surface area contributed by atoms with Crippen LogP contribution in [0.15, 0.2) is 23.8 Å². The number of rotatable bonds is 2. The van der Waals surface area contributed by atoms with Crippen LogP contribution in [0.1, 0.15) is 13.8 Å². The predicted molar refractivity (Wildman–Crippen MR) is 41.5 cm³/mol. The number of allylic oxidation sites excluding steroid dienone is 4. The maximum atomic E-state index is 2.92. The smallest absolute Gasteiger partial charge is 0.161 e. The molecule has 0 aromatic rings. The highest BCUT2D eigenvalue weighted by atomic mass is 14.6. The predicted octanol–water partition coefficient (Wildman–Crippen LogP) is 0.290. The zero-order valence-corrected chi connectivity index (χ0v) is 6.31. The van der Waals surface area contributed by atoms with E-state index in [0.717, 1.165) is 0 Å². The Balaban J connectivity index is 3.84. The first-order valence-corrected chi connectivity index (χ1v) is 3.11. The summed E-state index contributed by atoms with van der Waals surface area (Å²) in [5.41, 5.74) is 1.26. The van der Waals surface area contributed by atoms with Gasteiger partial charge in [-0.3, -0.25) is 4.99 Å². The van der Waals surface area contributed by atoms with E-state index < -0.39 is 0 Å². The van der Waals surface area contributed by atoms with Gasteiger partial charge in [0.15, 0.2) is 6.21 Å². The molecule has 0 aromatic heterocycles. The molecule has 1 N–H and O–H groups in total. The summed E-state index contributed by atoms with van der Waals surface area (Å²) in [7, 11) is 1.89. The lowest BCUT2D eigenvalue weighted by molar-refractivity contribution is -0.413. The van der Waals surface area contributed by atoms with Crippen LogP contribution in [0.5, 0.6) is 0 Å². The van der Waals surface area contributed by atoms with Gasteiger partial charge in [0, 0.05) is 6.08 Å². The van der Waals surface area contributed by atoms with Gasteiger partial charge in [0.05, 0.1) is 0 Å². The molecule has 0 bridgehead atoms. The van der Waals surface area contributed by atoms with Gasteiger partial charge in [-0.25, -0.2) is 0 Å². The molecule has 9 heavy (non-hydrogen) atoms. The molecule has 0 aromatic carbocycles. The van der Waals surface area contributed by atoms with Crippen LogP contribution in [0.25, 0.3) is 0 Å². The quantitative estimate of drug-likeness (QED) is 0.402. The zero-order valence-electron chi connectivity index (χ0n) is 6.31. The van der Waals surface area contributed by atoms with Gasteiger partial charge in [-0.05, 0) is 19.4 Å². The van der Waals surface area contributed by atoms with Gasteiger partial charge < -0.3 is 0 Å². The molecular weight excluding hydrogens is 110 g/mol. The van der Waals surface area contributed by atoms with Crippen molar-refractivity contribution in [2.45, 2.75) is 13.8 Å². The normalized spacial score (nSPS) is 13.9. The van der Waals surface area contributed by atoms with Crippen LogP contribution in [0, 0.1) is 0 Å². The molecule has 0 saturated carbocycles. The largest absolute Gasteiger partial charge is 0.251 e. The Hall–Kier alpha value is -0.850. The summed E-state index contributed by atoms with van der Waals surface area (Å²) in [4.78, 5) is 2.92. The average Bonchev–Trinajstić information content (AvgIpc) is 1.85. The zero-order chi connectivity index (χ0) is 7.11. The van der Waals surface area contributed by atoms with Crippen LogP contribution >= 0.6 is 0 Å². The number of nitrogens with one attached hydrogen (secondary N) is 1. The standard InChI is InChI=1S/C8H13N/c1-4-5-8(2)6-7-9-3/h4-7H,1-3H3/p+1/b5-4-,8-6-,9-7?. The van der Waals surface area contributed by atoms with E-state index in [1.807, 2.05) is 32.3 Å². The Labute approximate surface area is 56.8 Å². The van der Waals surface area contributed by atoms with Crippen molar-refractivity contribution in [1.82, 2.24) is 0 Å². The van der Waals surface area contributed by atoms with Gasteiger partial charge in [-0.2, -0.15) is 0 Å². The minimum atomic E-state index is 1.26. The third-order valence-corrected chi connectivity index (χ3v) is 0.942. The number of hydrogen-bond donors (Lipinski definition) is 1. The van der Waals surface area contributed by atoms with Crippen molar-refractivity contribution in [3.8, 4) is 0 Å². The summed E-state index contributed by atoms with van der Waals surface area (Å²) < 4.78 is 0. The van der Waals surface area contributed by atoms with Crippen LogP contribution in [-0.4, -0.2) is 13.3 Å². The molecule has 0 spiro atoms. The fourth-order valence-electron chi connectivity index (χ4n) is 0.533. The summed E-state index contributed by atoms with van der Waals surface area (Å²) in [6.07, 6.45) is 8.03. The van der Waals surface area contributed by atoms with Gasteiger partial charge in [-0.15, -0.1) is 0 Å². The molecule has 0 saturated heterocycles. The lowest BCUT2D eigenvalue weighted by atomic mass is 10.3. The van der Waals surface area contributed by atoms with Gasteiger partial charge in [0.2, 0.25) is 0 Å². The van der Waals surface area contributed by atoms with E-state index in [0.29, 0.717) is 0 Å². The van der Waals surface area contributed by atoms with E-state index in [9.17, 15) is 0 Å². The molecule has 0 radical (unpaired) electrons. The SMILES string of the molecule is C/C=C\C(C)=C/C=[NH+]C. The number of hydrogen-bond acceptors (Lipinski definition) is 0. The topological polar surface area (TPSA) is 14.0 Å². The molecule has 0 aliphatic carbocycles. The van der Waals surface area contributed by atoms with E-state index in [1.165, 1.54) is 5.57 Å². The fourth-order valence-corrected chi connectivity index (χ4v) is 0.533. The Bertz CT molecular complexity index is 141. The second-order valence-electron chi connectivity index (χ2n) is 1.87. The summed E-state index contributed by atoms with van der Waals surface area (Å²) in [5, 5.41) is 0. The molecule has 0 atom stereocenters. The highest BCUT2D eigenvalue weighted by Crippen LogP contribution is 1.90.